The summed E-state index contributed by atoms with van der Waals surface area (Å²) in [5.41, 5.74) is 3.50. The third kappa shape index (κ3) is 5.77. The van der Waals surface area contributed by atoms with E-state index in [-0.39, 0.29) is 13.2 Å². The molecule has 2 aromatic heterocycles. The second kappa shape index (κ2) is 10.5. The highest BCUT2D eigenvalue weighted by molar-refractivity contribution is 6.33. The number of nitrogens with zero attached hydrogens (tertiary/aromatic N) is 2. The van der Waals surface area contributed by atoms with Crippen molar-refractivity contribution < 1.29 is 9.13 Å². The van der Waals surface area contributed by atoms with Crippen LogP contribution in [0.1, 0.15) is 31.5 Å². The summed E-state index contributed by atoms with van der Waals surface area (Å²) in [5.74, 6) is 0.963. The average molecular weight is 428 g/mol. The predicted molar refractivity (Wildman–Crippen MR) is 120 cm³/mol. The Kier molecular flexibility index (Phi) is 7.77. The van der Waals surface area contributed by atoms with Crippen LogP contribution in [0.4, 0.5) is 10.2 Å². The molecule has 0 saturated carbocycles. The lowest BCUT2D eigenvalue weighted by atomic mass is 9.96. The number of hydrogen-bond donors (Lipinski definition) is 1. The van der Waals surface area contributed by atoms with Gasteiger partial charge in [-0.25, -0.2) is 9.37 Å². The minimum atomic E-state index is -0.245. The number of aromatic nitrogens is 2. The molecule has 30 heavy (non-hydrogen) atoms. The van der Waals surface area contributed by atoms with E-state index in [4.69, 9.17) is 16.3 Å². The fraction of sp³-hybridized carbons (Fsp3) is 0.333. The van der Waals surface area contributed by atoms with E-state index in [1.54, 1.807) is 12.3 Å². The van der Waals surface area contributed by atoms with Crippen molar-refractivity contribution in [2.75, 3.05) is 18.5 Å². The Hall–Kier alpha value is -2.50. The number of ether oxygens (including phenoxy) is 1. The van der Waals surface area contributed by atoms with Crippen LogP contribution in [0.15, 0.2) is 54.7 Å². The van der Waals surface area contributed by atoms with Crippen LogP contribution in [0.5, 0.6) is 0 Å². The number of halogens is 2. The van der Waals surface area contributed by atoms with Gasteiger partial charge in [0.05, 0.1) is 10.7 Å². The van der Waals surface area contributed by atoms with Gasteiger partial charge in [-0.3, -0.25) is 4.98 Å². The minimum absolute atomic E-state index is 0. The van der Waals surface area contributed by atoms with Gasteiger partial charge in [0, 0.05) is 37.2 Å². The van der Waals surface area contributed by atoms with Crippen molar-refractivity contribution in [3.63, 3.8) is 0 Å². The van der Waals surface area contributed by atoms with Crippen LogP contribution in [0, 0.1) is 11.7 Å². The smallest absolute Gasteiger partial charge is 0.126 e. The normalized spacial score (nSPS) is 16.0. The van der Waals surface area contributed by atoms with Crippen LogP contribution < -0.4 is 5.32 Å². The first kappa shape index (κ1) is 22.2. The molecule has 1 N–H and O–H groups in total. The third-order valence-electron chi connectivity index (χ3n) is 5.05. The summed E-state index contributed by atoms with van der Waals surface area (Å²) in [6.45, 7) is 2.14. The molecule has 1 saturated heterocycles. The van der Waals surface area contributed by atoms with Crippen molar-refractivity contribution >= 4 is 17.4 Å². The van der Waals surface area contributed by atoms with Crippen molar-refractivity contribution in [1.82, 2.24) is 9.97 Å². The van der Waals surface area contributed by atoms with E-state index >= 15 is 0 Å². The summed E-state index contributed by atoms with van der Waals surface area (Å²) in [5, 5.41) is 3.82. The average Bonchev–Trinajstić information content (AvgIpc) is 2.75. The van der Waals surface area contributed by atoms with E-state index in [1.807, 2.05) is 30.3 Å². The fourth-order valence-electron chi connectivity index (χ4n) is 3.58. The summed E-state index contributed by atoms with van der Waals surface area (Å²) in [6, 6.07) is 14.3. The first-order valence-corrected chi connectivity index (χ1v) is 10.2. The standard InChI is InChI=1S/C23H23ClFN3O.CH4/c24-21-14-26-19(11-17-5-3-9-29-15-17)12-20(21)22-7-2-8-23(28-22)27-13-16-4-1-6-18(25)10-16;/h1-2,4,6-8,10,12,14,17H,3,5,9,11,13,15H2,(H,27,28);1H4/t17-;/m1./s1. The molecule has 158 valence electrons. The monoisotopic (exact) mass is 427 g/mol. The Morgan fingerprint density at radius 1 is 1.17 bits per heavy atom. The highest BCUT2D eigenvalue weighted by Gasteiger charge is 2.16. The van der Waals surface area contributed by atoms with Crippen molar-refractivity contribution in [1.29, 1.82) is 0 Å². The fourth-order valence-corrected chi connectivity index (χ4v) is 3.78. The van der Waals surface area contributed by atoms with Crippen LogP contribution in [0.2, 0.25) is 5.02 Å². The zero-order valence-corrected chi connectivity index (χ0v) is 16.8. The van der Waals surface area contributed by atoms with Gasteiger partial charge in [0.15, 0.2) is 0 Å². The predicted octanol–water partition coefficient (Wildman–Crippen LogP) is 6.15. The molecule has 0 bridgehead atoms. The van der Waals surface area contributed by atoms with Crippen molar-refractivity contribution in [2.45, 2.75) is 33.2 Å². The molecule has 1 atom stereocenters. The number of benzene rings is 1. The molecule has 6 heteroatoms. The van der Waals surface area contributed by atoms with Crippen molar-refractivity contribution in [2.24, 2.45) is 5.92 Å². The van der Waals surface area contributed by atoms with Gasteiger partial charge in [0.1, 0.15) is 11.6 Å². The van der Waals surface area contributed by atoms with Gasteiger partial charge < -0.3 is 10.1 Å². The molecule has 0 radical (unpaired) electrons. The highest BCUT2D eigenvalue weighted by Crippen LogP contribution is 2.29. The van der Waals surface area contributed by atoms with Gasteiger partial charge in [-0.1, -0.05) is 37.2 Å². The number of anilines is 1. The van der Waals surface area contributed by atoms with Crippen LogP contribution in [0.3, 0.4) is 0 Å². The quantitative estimate of drug-likeness (QED) is 0.512. The van der Waals surface area contributed by atoms with Gasteiger partial charge in [-0.05, 0) is 61.1 Å². The van der Waals surface area contributed by atoms with Gasteiger partial charge in [0.25, 0.3) is 0 Å². The van der Waals surface area contributed by atoms with E-state index in [2.05, 4.69) is 15.3 Å². The van der Waals surface area contributed by atoms with Crippen LogP contribution >= 0.6 is 11.6 Å². The number of hydrogen-bond acceptors (Lipinski definition) is 4. The lowest BCUT2D eigenvalue weighted by molar-refractivity contribution is 0.0547. The molecule has 1 fully saturated rings. The zero-order chi connectivity index (χ0) is 20.1. The molecule has 3 aromatic rings. The Labute approximate surface area is 182 Å². The van der Waals surface area contributed by atoms with Crippen LogP contribution in [-0.2, 0) is 17.7 Å². The lowest BCUT2D eigenvalue weighted by Crippen LogP contribution is -2.19. The Morgan fingerprint density at radius 2 is 2.03 bits per heavy atom. The molecule has 1 aliphatic heterocycles. The lowest BCUT2D eigenvalue weighted by Gasteiger charge is -2.21. The van der Waals surface area contributed by atoms with Crippen molar-refractivity contribution in [3.05, 3.63) is 76.8 Å². The second-order valence-electron chi connectivity index (χ2n) is 7.33. The first-order chi connectivity index (χ1) is 14.2. The summed E-state index contributed by atoms with van der Waals surface area (Å²) in [4.78, 5) is 9.19. The molecule has 0 spiro atoms. The largest absolute Gasteiger partial charge is 0.381 e. The maximum absolute atomic E-state index is 13.4. The van der Waals surface area contributed by atoms with E-state index in [1.165, 1.54) is 12.1 Å². The van der Waals surface area contributed by atoms with Gasteiger partial charge in [-0.2, -0.15) is 0 Å². The Bertz CT molecular complexity index is 976. The second-order valence-corrected chi connectivity index (χ2v) is 7.74. The van der Waals surface area contributed by atoms with Crippen molar-refractivity contribution in [3.8, 4) is 11.3 Å². The molecule has 0 aliphatic carbocycles. The molecule has 0 unspecified atom stereocenters. The molecule has 4 rings (SSSR count). The van der Waals surface area contributed by atoms with Gasteiger partial charge in [0.2, 0.25) is 0 Å². The SMILES string of the molecule is C.Fc1cccc(CNc2cccc(-c3cc(C[C@H]4CCCOC4)ncc3Cl)n2)c1. The summed E-state index contributed by atoms with van der Waals surface area (Å²) >= 11 is 6.43. The van der Waals surface area contributed by atoms with Gasteiger partial charge in [-0.15, -0.1) is 0 Å². The van der Waals surface area contributed by atoms with Crippen LogP contribution in [0.25, 0.3) is 11.3 Å². The molecular weight excluding hydrogens is 401 g/mol. The maximum atomic E-state index is 13.4. The zero-order valence-electron chi connectivity index (χ0n) is 16.1. The third-order valence-corrected chi connectivity index (χ3v) is 5.35. The van der Waals surface area contributed by atoms with E-state index in [0.29, 0.717) is 23.3 Å². The first-order valence-electron chi connectivity index (χ1n) is 9.85. The minimum Gasteiger partial charge on any atom is -0.381 e. The van der Waals surface area contributed by atoms with E-state index in [9.17, 15) is 4.39 Å². The van der Waals surface area contributed by atoms with Gasteiger partial charge >= 0.3 is 0 Å². The summed E-state index contributed by atoms with van der Waals surface area (Å²) < 4.78 is 18.9. The number of nitrogens with one attached hydrogen (secondary N) is 1. The maximum Gasteiger partial charge on any atom is 0.126 e. The van der Waals surface area contributed by atoms with E-state index in [0.717, 1.165) is 55.0 Å². The Balaban J connectivity index is 0.00000256. The Morgan fingerprint density at radius 3 is 2.83 bits per heavy atom. The molecular formula is C24H27ClFN3O. The molecule has 4 nitrogen and oxygen atoms in total. The summed E-state index contributed by atoms with van der Waals surface area (Å²) in [7, 11) is 0. The molecule has 1 aliphatic rings. The topological polar surface area (TPSA) is 47.0 Å². The summed E-state index contributed by atoms with van der Waals surface area (Å²) in [6.07, 6.45) is 4.84. The highest BCUT2D eigenvalue weighted by atomic mass is 35.5. The van der Waals surface area contributed by atoms with E-state index < -0.39 is 0 Å². The molecule has 1 aromatic carbocycles. The number of pyridine rings is 2. The number of rotatable bonds is 6. The van der Waals surface area contributed by atoms with Crippen LogP contribution in [-0.4, -0.2) is 23.2 Å². The molecule has 3 heterocycles. The molecule has 0 amide bonds.